The molecule has 0 aliphatic rings. The molecule has 0 bridgehead atoms. The summed E-state index contributed by atoms with van der Waals surface area (Å²) in [6.45, 7) is 1.84. The molecule has 6 aromatic rings. The summed E-state index contributed by atoms with van der Waals surface area (Å²) in [6, 6.07) is 37.8. The van der Waals surface area contributed by atoms with Gasteiger partial charge in [-0.15, -0.1) is 0 Å². The number of carboxylic acids is 1. The minimum absolute atomic E-state index is 0.170. The fourth-order valence-corrected chi connectivity index (χ4v) is 4.55. The minimum atomic E-state index is -0.991. The highest BCUT2D eigenvalue weighted by molar-refractivity contribution is 5.92. The van der Waals surface area contributed by atoms with E-state index in [1.54, 1.807) is 37.4 Å². The van der Waals surface area contributed by atoms with Gasteiger partial charge in [-0.3, -0.25) is 4.79 Å². The van der Waals surface area contributed by atoms with E-state index < -0.39 is 5.97 Å². The van der Waals surface area contributed by atoms with Gasteiger partial charge in [-0.05, 0) is 76.5 Å². The van der Waals surface area contributed by atoms with Gasteiger partial charge < -0.3 is 19.3 Å². The summed E-state index contributed by atoms with van der Waals surface area (Å²) in [5, 5.41) is 13.7. The average Bonchev–Trinajstić information content (AvgIpc) is 3.02. The number of hydrogen-bond acceptors (Lipinski definition) is 5. The van der Waals surface area contributed by atoms with Gasteiger partial charge in [-0.2, -0.15) is 0 Å². The number of para-hydroxylation sites is 2. The van der Waals surface area contributed by atoms with E-state index in [1.165, 1.54) is 0 Å². The van der Waals surface area contributed by atoms with Gasteiger partial charge in [-0.1, -0.05) is 78.9 Å². The minimum Gasteiger partial charge on any atom is -0.493 e. The van der Waals surface area contributed by atoms with Crippen LogP contribution < -0.4 is 14.2 Å². The molecule has 6 rings (SSSR count). The number of rotatable bonds is 7. The Balaban J connectivity index is 0.000000168. The Kier molecular flexibility index (Phi) is 8.45. The van der Waals surface area contributed by atoms with Gasteiger partial charge in [0.2, 0.25) is 0 Å². The highest BCUT2D eigenvalue weighted by Gasteiger charge is 2.14. The zero-order chi connectivity index (χ0) is 29.5. The van der Waals surface area contributed by atoms with Gasteiger partial charge in [-0.25, -0.2) is 4.79 Å². The van der Waals surface area contributed by atoms with Crippen LogP contribution >= 0.6 is 0 Å². The van der Waals surface area contributed by atoms with Crippen molar-refractivity contribution in [1.29, 1.82) is 0 Å². The van der Waals surface area contributed by atoms with Crippen molar-refractivity contribution in [3.8, 4) is 28.7 Å². The third-order valence-electron chi connectivity index (χ3n) is 6.68. The highest BCUT2D eigenvalue weighted by atomic mass is 16.5. The lowest BCUT2D eigenvalue weighted by Gasteiger charge is -2.12. The first kappa shape index (κ1) is 27.9. The van der Waals surface area contributed by atoms with Gasteiger partial charge in [0.25, 0.3) is 0 Å². The fourth-order valence-electron chi connectivity index (χ4n) is 4.55. The fraction of sp³-hybridized carbons (Fsp3) is 0.0556. The summed E-state index contributed by atoms with van der Waals surface area (Å²) in [7, 11) is 1.55. The summed E-state index contributed by atoms with van der Waals surface area (Å²) in [6.07, 6.45) is 0.763. The zero-order valence-corrected chi connectivity index (χ0v) is 23.1. The first-order valence-electron chi connectivity index (χ1n) is 13.2. The number of aryl methyl sites for hydroxylation is 1. The standard InChI is InChI=1S/2C18H14O3/c1-12-5-4-8-16(18(19)20)17(12)21-15-10-9-13-6-2-3-7-14(13)11-15;1-20-17-8-4-7-15(12-19)18(17)21-16-10-9-13-5-2-3-6-14(13)11-16/h2-11H,1H3,(H,19,20);2-12H,1H3. The molecular weight excluding hydrogens is 528 g/mol. The Bertz CT molecular complexity index is 1810. The maximum atomic E-state index is 11.3. The Morgan fingerprint density at radius 3 is 1.74 bits per heavy atom. The molecule has 0 aromatic heterocycles. The molecule has 0 amide bonds. The molecule has 0 atom stereocenters. The smallest absolute Gasteiger partial charge is 0.339 e. The molecule has 0 spiro atoms. The molecule has 0 radical (unpaired) electrons. The zero-order valence-electron chi connectivity index (χ0n) is 23.1. The second-order valence-electron chi connectivity index (χ2n) is 9.48. The maximum absolute atomic E-state index is 11.3. The molecule has 0 heterocycles. The number of fused-ring (bicyclic) bond motifs is 2. The molecule has 6 nitrogen and oxygen atoms in total. The van der Waals surface area contributed by atoms with Crippen LogP contribution in [0.25, 0.3) is 21.5 Å². The van der Waals surface area contributed by atoms with Crippen molar-refractivity contribution in [2.45, 2.75) is 6.92 Å². The first-order valence-corrected chi connectivity index (χ1v) is 13.2. The van der Waals surface area contributed by atoms with Crippen LogP contribution in [0.2, 0.25) is 0 Å². The summed E-state index contributed by atoms with van der Waals surface area (Å²) >= 11 is 0. The van der Waals surface area contributed by atoms with Crippen molar-refractivity contribution in [1.82, 2.24) is 0 Å². The lowest BCUT2D eigenvalue weighted by atomic mass is 10.1. The van der Waals surface area contributed by atoms with Crippen molar-refractivity contribution in [3.63, 3.8) is 0 Å². The van der Waals surface area contributed by atoms with Gasteiger partial charge in [0, 0.05) is 0 Å². The number of carboxylic acid groups (broad SMARTS) is 1. The highest BCUT2D eigenvalue weighted by Crippen LogP contribution is 2.35. The van der Waals surface area contributed by atoms with E-state index in [0.29, 0.717) is 34.3 Å². The van der Waals surface area contributed by atoms with E-state index in [-0.39, 0.29) is 5.56 Å². The molecule has 1 N–H and O–H groups in total. The van der Waals surface area contributed by atoms with E-state index in [2.05, 4.69) is 0 Å². The molecule has 6 aromatic carbocycles. The van der Waals surface area contributed by atoms with Crippen molar-refractivity contribution < 1.29 is 28.9 Å². The van der Waals surface area contributed by atoms with E-state index in [1.807, 2.05) is 97.9 Å². The summed E-state index contributed by atoms with van der Waals surface area (Å²) in [5.41, 5.74) is 1.42. The van der Waals surface area contributed by atoms with Crippen LogP contribution in [0, 0.1) is 6.92 Å². The molecular formula is C36H28O6. The Labute approximate surface area is 243 Å². The molecule has 42 heavy (non-hydrogen) atoms. The monoisotopic (exact) mass is 556 g/mol. The lowest BCUT2D eigenvalue weighted by molar-refractivity contribution is 0.0693. The second-order valence-corrected chi connectivity index (χ2v) is 9.48. The van der Waals surface area contributed by atoms with Crippen LogP contribution in [0.3, 0.4) is 0 Å². The normalized spacial score (nSPS) is 10.4. The van der Waals surface area contributed by atoms with Gasteiger partial charge in [0.05, 0.1) is 12.7 Å². The number of aromatic carboxylic acids is 1. The molecule has 0 aliphatic carbocycles. The van der Waals surface area contributed by atoms with Crippen LogP contribution in [-0.2, 0) is 0 Å². The van der Waals surface area contributed by atoms with Gasteiger partial charge in [0.15, 0.2) is 17.8 Å². The van der Waals surface area contributed by atoms with Gasteiger partial charge in [0.1, 0.15) is 22.8 Å². The number of ether oxygens (including phenoxy) is 3. The predicted molar refractivity (Wildman–Crippen MR) is 165 cm³/mol. The molecule has 0 aliphatic heterocycles. The van der Waals surface area contributed by atoms with Crippen molar-refractivity contribution >= 4 is 33.8 Å². The molecule has 0 saturated heterocycles. The Hall–Kier alpha value is -5.62. The quantitative estimate of drug-likeness (QED) is 0.198. The second kappa shape index (κ2) is 12.7. The van der Waals surface area contributed by atoms with Crippen molar-refractivity contribution in [3.05, 3.63) is 138 Å². The lowest BCUT2D eigenvalue weighted by Crippen LogP contribution is -2.01. The van der Waals surface area contributed by atoms with E-state index in [4.69, 9.17) is 14.2 Å². The molecule has 0 unspecified atom stereocenters. The van der Waals surface area contributed by atoms with E-state index in [9.17, 15) is 14.7 Å². The first-order chi connectivity index (χ1) is 20.5. The number of aldehydes is 1. The van der Waals surface area contributed by atoms with Crippen LogP contribution in [0.15, 0.2) is 121 Å². The van der Waals surface area contributed by atoms with Crippen LogP contribution in [0.5, 0.6) is 28.7 Å². The molecule has 0 saturated carbocycles. The summed E-state index contributed by atoms with van der Waals surface area (Å²) < 4.78 is 17.0. The average molecular weight is 557 g/mol. The SMILES string of the molecule is COc1cccc(C=O)c1Oc1ccc2ccccc2c1.Cc1cccc(C(=O)O)c1Oc1ccc2ccccc2c1. The Morgan fingerprint density at radius 1 is 0.643 bits per heavy atom. The summed E-state index contributed by atoms with van der Waals surface area (Å²) in [5.74, 6) is 1.67. The number of hydrogen-bond donors (Lipinski definition) is 1. The number of carbonyl (C=O) groups excluding carboxylic acids is 1. The van der Waals surface area contributed by atoms with E-state index >= 15 is 0 Å². The molecule has 208 valence electrons. The topological polar surface area (TPSA) is 82.1 Å². The number of carbonyl (C=O) groups is 2. The van der Waals surface area contributed by atoms with Crippen molar-refractivity contribution in [2.24, 2.45) is 0 Å². The molecule has 6 heteroatoms. The largest absolute Gasteiger partial charge is 0.493 e. The summed E-state index contributed by atoms with van der Waals surface area (Å²) in [4.78, 5) is 22.5. The van der Waals surface area contributed by atoms with Crippen LogP contribution in [0.4, 0.5) is 0 Å². The van der Waals surface area contributed by atoms with Gasteiger partial charge >= 0.3 is 5.97 Å². The van der Waals surface area contributed by atoms with Crippen LogP contribution in [0.1, 0.15) is 26.3 Å². The van der Waals surface area contributed by atoms with Crippen molar-refractivity contribution in [2.75, 3.05) is 7.11 Å². The number of benzene rings is 6. The third kappa shape index (κ3) is 6.24. The van der Waals surface area contributed by atoms with E-state index in [0.717, 1.165) is 33.4 Å². The number of methoxy groups -OCH3 is 1. The predicted octanol–water partition coefficient (Wildman–Crippen LogP) is 9.09. The molecule has 0 fully saturated rings. The van der Waals surface area contributed by atoms with Crippen LogP contribution in [-0.4, -0.2) is 24.5 Å². The Morgan fingerprint density at radius 2 is 1.19 bits per heavy atom. The third-order valence-corrected chi connectivity index (χ3v) is 6.68. The maximum Gasteiger partial charge on any atom is 0.339 e.